The summed E-state index contributed by atoms with van der Waals surface area (Å²) >= 11 is 6.21. The lowest BCUT2D eigenvalue weighted by molar-refractivity contribution is 0.0523. The van der Waals surface area contributed by atoms with Crippen molar-refractivity contribution in [3.8, 4) is 0 Å². The minimum Gasteiger partial charge on any atom is -0.444 e. The van der Waals surface area contributed by atoms with Gasteiger partial charge in [-0.05, 0) is 51.5 Å². The van der Waals surface area contributed by atoms with Gasteiger partial charge in [0, 0.05) is 35.7 Å². The Labute approximate surface area is 147 Å². The number of pyridine rings is 1. The molecule has 1 aromatic heterocycles. The Balaban J connectivity index is 1.90. The quantitative estimate of drug-likeness (QED) is 0.859. The first-order valence-corrected chi connectivity index (χ1v) is 8.36. The van der Waals surface area contributed by atoms with E-state index < -0.39 is 11.7 Å². The SMILES string of the molecule is CC(CNC(=O)OC(C)(C)C)NCc1ccc(Cl)c2cccnc12. The van der Waals surface area contributed by atoms with Gasteiger partial charge < -0.3 is 15.4 Å². The largest absolute Gasteiger partial charge is 0.444 e. The Hall–Kier alpha value is -1.85. The molecule has 0 fully saturated rings. The van der Waals surface area contributed by atoms with Crippen LogP contribution in [-0.4, -0.2) is 29.3 Å². The standard InChI is InChI=1S/C18H24ClN3O2/c1-12(10-22-17(23)24-18(2,3)4)21-11-13-7-8-15(19)14-6-5-9-20-16(13)14/h5-9,12,21H,10-11H2,1-4H3,(H,22,23). The number of carbonyl (C=O) groups excluding carboxylic acids is 1. The van der Waals surface area contributed by atoms with Gasteiger partial charge >= 0.3 is 6.09 Å². The van der Waals surface area contributed by atoms with Crippen LogP contribution in [0, 0.1) is 0 Å². The Bertz CT molecular complexity index is 713. The lowest BCUT2D eigenvalue weighted by atomic mass is 10.1. The van der Waals surface area contributed by atoms with Crippen molar-refractivity contribution in [3.05, 3.63) is 41.0 Å². The monoisotopic (exact) mass is 349 g/mol. The molecule has 5 nitrogen and oxygen atoms in total. The molecule has 0 radical (unpaired) electrons. The average molecular weight is 350 g/mol. The van der Waals surface area contributed by atoms with Crippen LogP contribution in [-0.2, 0) is 11.3 Å². The van der Waals surface area contributed by atoms with Crippen molar-refractivity contribution < 1.29 is 9.53 Å². The molecule has 0 bridgehead atoms. The number of aromatic nitrogens is 1. The third-order valence-corrected chi connectivity index (χ3v) is 3.72. The van der Waals surface area contributed by atoms with Crippen LogP contribution in [0.15, 0.2) is 30.5 Å². The summed E-state index contributed by atoms with van der Waals surface area (Å²) in [6.07, 6.45) is 1.35. The molecule has 2 aromatic rings. The van der Waals surface area contributed by atoms with E-state index in [9.17, 15) is 4.79 Å². The van der Waals surface area contributed by atoms with Crippen LogP contribution in [0.25, 0.3) is 10.9 Å². The van der Waals surface area contributed by atoms with E-state index in [1.54, 1.807) is 6.20 Å². The van der Waals surface area contributed by atoms with Gasteiger partial charge in [-0.15, -0.1) is 0 Å². The predicted octanol–water partition coefficient (Wildman–Crippen LogP) is 3.89. The highest BCUT2D eigenvalue weighted by Crippen LogP contribution is 2.24. The van der Waals surface area contributed by atoms with E-state index in [-0.39, 0.29) is 6.04 Å². The van der Waals surface area contributed by atoms with Gasteiger partial charge in [0.25, 0.3) is 0 Å². The van der Waals surface area contributed by atoms with Crippen molar-refractivity contribution in [2.45, 2.75) is 45.9 Å². The van der Waals surface area contributed by atoms with Gasteiger partial charge in [0.05, 0.1) is 5.52 Å². The molecule has 0 aliphatic rings. The molecular weight excluding hydrogens is 326 g/mol. The summed E-state index contributed by atoms with van der Waals surface area (Å²) in [5.41, 5.74) is 1.47. The fourth-order valence-electron chi connectivity index (χ4n) is 2.25. The highest BCUT2D eigenvalue weighted by Gasteiger charge is 2.16. The number of hydrogen-bond donors (Lipinski definition) is 2. The van der Waals surface area contributed by atoms with Gasteiger partial charge in [0.2, 0.25) is 0 Å². The summed E-state index contributed by atoms with van der Waals surface area (Å²) in [6, 6.07) is 7.78. The molecule has 2 rings (SSSR count). The number of rotatable bonds is 5. The van der Waals surface area contributed by atoms with Crippen LogP contribution in [0.2, 0.25) is 5.02 Å². The van der Waals surface area contributed by atoms with Crippen molar-refractivity contribution >= 4 is 28.6 Å². The first-order chi connectivity index (χ1) is 11.3. The molecule has 130 valence electrons. The zero-order chi connectivity index (χ0) is 17.7. The summed E-state index contributed by atoms with van der Waals surface area (Å²) in [6.45, 7) is 8.64. The number of ether oxygens (including phenoxy) is 1. The third-order valence-electron chi connectivity index (χ3n) is 3.39. The van der Waals surface area contributed by atoms with E-state index in [2.05, 4.69) is 15.6 Å². The minimum absolute atomic E-state index is 0.0898. The number of halogens is 1. The molecule has 0 saturated carbocycles. The zero-order valence-electron chi connectivity index (χ0n) is 14.5. The number of benzene rings is 1. The number of nitrogens with zero attached hydrogens (tertiary/aromatic N) is 1. The Morgan fingerprint density at radius 1 is 1.33 bits per heavy atom. The number of nitrogens with one attached hydrogen (secondary N) is 2. The molecule has 24 heavy (non-hydrogen) atoms. The van der Waals surface area contributed by atoms with Gasteiger partial charge in [-0.3, -0.25) is 4.98 Å². The van der Waals surface area contributed by atoms with Crippen molar-refractivity contribution in [2.24, 2.45) is 0 Å². The van der Waals surface area contributed by atoms with Crippen LogP contribution in [0.4, 0.5) is 4.79 Å². The number of alkyl carbamates (subject to hydrolysis) is 1. The summed E-state index contributed by atoms with van der Waals surface area (Å²) in [5, 5.41) is 7.77. The lowest BCUT2D eigenvalue weighted by Gasteiger charge is -2.21. The van der Waals surface area contributed by atoms with E-state index in [0.717, 1.165) is 16.5 Å². The second-order valence-electron chi connectivity index (χ2n) is 6.77. The summed E-state index contributed by atoms with van der Waals surface area (Å²) in [5.74, 6) is 0. The molecule has 0 spiro atoms. The summed E-state index contributed by atoms with van der Waals surface area (Å²) < 4.78 is 5.22. The van der Waals surface area contributed by atoms with Crippen LogP contribution < -0.4 is 10.6 Å². The maximum Gasteiger partial charge on any atom is 0.407 e. The molecule has 0 saturated heterocycles. The lowest BCUT2D eigenvalue weighted by Crippen LogP contribution is -2.41. The van der Waals surface area contributed by atoms with Gasteiger partial charge in [0.15, 0.2) is 0 Å². The van der Waals surface area contributed by atoms with Gasteiger partial charge in [-0.2, -0.15) is 0 Å². The van der Waals surface area contributed by atoms with Crippen molar-refractivity contribution in [1.29, 1.82) is 0 Å². The maximum absolute atomic E-state index is 11.7. The van der Waals surface area contributed by atoms with E-state index in [1.807, 2.05) is 52.0 Å². The van der Waals surface area contributed by atoms with Crippen LogP contribution in [0.5, 0.6) is 0 Å². The highest BCUT2D eigenvalue weighted by atomic mass is 35.5. The first kappa shape index (κ1) is 18.5. The third kappa shape index (κ3) is 5.35. The van der Waals surface area contributed by atoms with Gasteiger partial charge in [0.1, 0.15) is 5.60 Å². The highest BCUT2D eigenvalue weighted by molar-refractivity contribution is 6.35. The Kier molecular flexibility index (Phi) is 6.02. The fraction of sp³-hybridized carbons (Fsp3) is 0.444. The van der Waals surface area contributed by atoms with Crippen molar-refractivity contribution in [2.75, 3.05) is 6.54 Å². The minimum atomic E-state index is -0.491. The maximum atomic E-state index is 11.7. The first-order valence-electron chi connectivity index (χ1n) is 7.98. The molecule has 1 unspecified atom stereocenters. The molecule has 1 heterocycles. The predicted molar refractivity (Wildman–Crippen MR) is 97.3 cm³/mol. The number of amides is 1. The van der Waals surface area contributed by atoms with Crippen LogP contribution >= 0.6 is 11.6 Å². The molecule has 6 heteroatoms. The molecule has 1 aromatic carbocycles. The second kappa shape index (κ2) is 7.81. The van der Waals surface area contributed by atoms with E-state index in [1.165, 1.54) is 0 Å². The molecular formula is C18H24ClN3O2. The number of fused-ring (bicyclic) bond motifs is 1. The topological polar surface area (TPSA) is 63.2 Å². The molecule has 2 N–H and O–H groups in total. The van der Waals surface area contributed by atoms with E-state index >= 15 is 0 Å². The second-order valence-corrected chi connectivity index (χ2v) is 7.18. The van der Waals surface area contributed by atoms with Crippen LogP contribution in [0.3, 0.4) is 0 Å². The average Bonchev–Trinajstić information content (AvgIpc) is 2.51. The van der Waals surface area contributed by atoms with E-state index in [4.69, 9.17) is 16.3 Å². The fourth-order valence-corrected chi connectivity index (χ4v) is 2.46. The molecule has 1 amide bonds. The normalized spacial score (nSPS) is 12.9. The Morgan fingerprint density at radius 3 is 2.79 bits per heavy atom. The van der Waals surface area contributed by atoms with Gasteiger partial charge in [-0.25, -0.2) is 4.79 Å². The smallest absolute Gasteiger partial charge is 0.407 e. The van der Waals surface area contributed by atoms with Crippen molar-refractivity contribution in [3.63, 3.8) is 0 Å². The Morgan fingerprint density at radius 2 is 2.08 bits per heavy atom. The van der Waals surface area contributed by atoms with Gasteiger partial charge in [-0.1, -0.05) is 17.7 Å². The number of carbonyl (C=O) groups is 1. The summed E-state index contributed by atoms with van der Waals surface area (Å²) in [4.78, 5) is 16.1. The number of hydrogen-bond acceptors (Lipinski definition) is 4. The molecule has 1 atom stereocenters. The van der Waals surface area contributed by atoms with Crippen molar-refractivity contribution in [1.82, 2.24) is 15.6 Å². The molecule has 0 aliphatic carbocycles. The zero-order valence-corrected chi connectivity index (χ0v) is 15.3. The van der Waals surface area contributed by atoms with E-state index in [0.29, 0.717) is 18.1 Å². The van der Waals surface area contributed by atoms with Crippen LogP contribution in [0.1, 0.15) is 33.3 Å². The summed E-state index contributed by atoms with van der Waals surface area (Å²) in [7, 11) is 0. The molecule has 0 aliphatic heterocycles.